The third-order valence-corrected chi connectivity index (χ3v) is 4.63. The van der Waals surface area contributed by atoms with Crippen molar-refractivity contribution in [1.82, 2.24) is 4.72 Å². The summed E-state index contributed by atoms with van der Waals surface area (Å²) in [5.74, 6) is 0.0854. The molecular weight excluding hydrogens is 264 g/mol. The molecule has 0 saturated heterocycles. The second-order valence-corrected chi connectivity index (χ2v) is 6.68. The Kier molecular flexibility index (Phi) is 5.34. The average Bonchev–Trinajstić information content (AvgIpc) is 2.31. The first-order chi connectivity index (χ1) is 8.77. The van der Waals surface area contributed by atoms with Crippen LogP contribution in [-0.2, 0) is 10.0 Å². The number of aliphatic hydroxyl groups is 1. The predicted octanol–water partition coefficient (Wildman–Crippen LogP) is 1.18. The number of rotatable bonds is 6. The summed E-state index contributed by atoms with van der Waals surface area (Å²) in [6.45, 7) is 5.75. The molecule has 1 rings (SSSR count). The van der Waals surface area contributed by atoms with E-state index in [-0.39, 0.29) is 17.4 Å². The molecule has 0 aromatic heterocycles. The lowest BCUT2D eigenvalue weighted by molar-refractivity contribution is 0.263. The smallest absolute Gasteiger partial charge is 0.240 e. The number of nitrogen functional groups attached to an aromatic ring is 1. The largest absolute Gasteiger partial charge is 0.398 e. The second-order valence-electron chi connectivity index (χ2n) is 4.95. The van der Waals surface area contributed by atoms with Crippen molar-refractivity contribution in [3.63, 3.8) is 0 Å². The van der Waals surface area contributed by atoms with Crippen LogP contribution in [0.15, 0.2) is 17.0 Å². The number of hydrogen-bond acceptors (Lipinski definition) is 4. The lowest BCUT2D eigenvalue weighted by atomic mass is 10.1. The van der Waals surface area contributed by atoms with Crippen LogP contribution in [0.4, 0.5) is 5.69 Å². The highest BCUT2D eigenvalue weighted by molar-refractivity contribution is 7.89. The van der Waals surface area contributed by atoms with Crippen LogP contribution in [0.1, 0.15) is 24.5 Å². The van der Waals surface area contributed by atoms with E-state index in [0.717, 1.165) is 5.56 Å². The topological polar surface area (TPSA) is 92.4 Å². The molecule has 108 valence electrons. The van der Waals surface area contributed by atoms with Crippen LogP contribution in [0, 0.1) is 19.8 Å². The molecule has 1 aromatic carbocycles. The molecule has 4 N–H and O–H groups in total. The number of aryl methyl sites for hydroxylation is 1. The highest BCUT2D eigenvalue weighted by Gasteiger charge is 2.19. The minimum absolute atomic E-state index is 0.0549. The van der Waals surface area contributed by atoms with E-state index < -0.39 is 10.0 Å². The van der Waals surface area contributed by atoms with Gasteiger partial charge in [-0.15, -0.1) is 0 Å². The number of sulfonamides is 1. The summed E-state index contributed by atoms with van der Waals surface area (Å²) in [7, 11) is -3.56. The molecule has 5 nitrogen and oxygen atoms in total. The van der Waals surface area contributed by atoms with Crippen molar-refractivity contribution in [3.8, 4) is 0 Å². The predicted molar refractivity (Wildman–Crippen MR) is 76.4 cm³/mol. The number of aliphatic hydroxyl groups excluding tert-OH is 1. The fraction of sp³-hybridized carbons (Fsp3) is 0.538. The Morgan fingerprint density at radius 3 is 2.58 bits per heavy atom. The molecule has 1 unspecified atom stereocenters. The number of anilines is 1. The first-order valence-electron chi connectivity index (χ1n) is 6.25. The molecule has 0 aliphatic heterocycles. The maximum absolute atomic E-state index is 12.2. The molecule has 0 aliphatic carbocycles. The van der Waals surface area contributed by atoms with E-state index in [9.17, 15) is 8.42 Å². The third kappa shape index (κ3) is 4.19. The van der Waals surface area contributed by atoms with Crippen molar-refractivity contribution in [1.29, 1.82) is 0 Å². The van der Waals surface area contributed by atoms with Gasteiger partial charge in [0.2, 0.25) is 10.0 Å². The van der Waals surface area contributed by atoms with E-state index in [4.69, 9.17) is 10.8 Å². The van der Waals surface area contributed by atoms with Gasteiger partial charge >= 0.3 is 0 Å². The maximum atomic E-state index is 12.2. The molecule has 0 aliphatic rings. The van der Waals surface area contributed by atoms with Crippen molar-refractivity contribution in [2.24, 2.45) is 5.92 Å². The summed E-state index contributed by atoms with van der Waals surface area (Å²) in [5.41, 5.74) is 7.65. The molecule has 0 fully saturated rings. The van der Waals surface area contributed by atoms with Gasteiger partial charge in [0, 0.05) is 18.8 Å². The number of benzene rings is 1. The van der Waals surface area contributed by atoms with Crippen LogP contribution in [0.25, 0.3) is 0 Å². The number of nitrogens with two attached hydrogens (primary N) is 1. The Bertz CT molecular complexity index is 541. The van der Waals surface area contributed by atoms with Crippen molar-refractivity contribution < 1.29 is 13.5 Å². The van der Waals surface area contributed by atoms with Crippen LogP contribution in [-0.4, -0.2) is 26.7 Å². The maximum Gasteiger partial charge on any atom is 0.240 e. The van der Waals surface area contributed by atoms with Crippen LogP contribution in [0.2, 0.25) is 0 Å². The van der Waals surface area contributed by atoms with Crippen molar-refractivity contribution in [3.05, 3.63) is 23.3 Å². The summed E-state index contributed by atoms with van der Waals surface area (Å²) in [4.78, 5) is 0.223. The highest BCUT2D eigenvalue weighted by atomic mass is 32.2. The van der Waals surface area contributed by atoms with Gasteiger partial charge in [-0.2, -0.15) is 0 Å². The summed E-state index contributed by atoms with van der Waals surface area (Å²) >= 11 is 0. The second kappa shape index (κ2) is 6.36. The molecule has 0 amide bonds. The highest BCUT2D eigenvalue weighted by Crippen LogP contribution is 2.22. The molecule has 0 saturated carbocycles. The Balaban J connectivity index is 2.95. The van der Waals surface area contributed by atoms with Gasteiger partial charge in [0.25, 0.3) is 0 Å². The SMILES string of the molecule is Cc1cc(N)c(C)c(S(=O)(=O)NCC(C)CCO)c1. The monoisotopic (exact) mass is 286 g/mol. The van der Waals surface area contributed by atoms with Crippen LogP contribution in [0.5, 0.6) is 0 Å². The Labute approximate surface area is 114 Å². The zero-order valence-corrected chi connectivity index (χ0v) is 12.4. The molecule has 0 heterocycles. The Morgan fingerprint density at radius 1 is 1.37 bits per heavy atom. The number of nitrogens with one attached hydrogen (secondary N) is 1. The van der Waals surface area contributed by atoms with Gasteiger partial charge in [-0.1, -0.05) is 6.92 Å². The van der Waals surface area contributed by atoms with E-state index in [1.807, 2.05) is 13.8 Å². The summed E-state index contributed by atoms with van der Waals surface area (Å²) < 4.78 is 27.0. The van der Waals surface area contributed by atoms with Crippen molar-refractivity contribution in [2.45, 2.75) is 32.1 Å². The summed E-state index contributed by atoms with van der Waals surface area (Å²) in [6.07, 6.45) is 0.567. The fourth-order valence-electron chi connectivity index (χ4n) is 1.78. The standard InChI is InChI=1S/C13H22N2O3S/c1-9(4-5-16)8-15-19(17,18)13-7-10(2)6-12(14)11(13)3/h6-7,9,15-16H,4-5,8,14H2,1-3H3. The Hall–Kier alpha value is -1.11. The van der Waals surface area contributed by atoms with E-state index in [2.05, 4.69) is 4.72 Å². The molecular formula is C13H22N2O3S. The molecule has 6 heteroatoms. The molecule has 0 spiro atoms. The first-order valence-corrected chi connectivity index (χ1v) is 7.73. The normalized spacial score (nSPS) is 13.5. The molecule has 19 heavy (non-hydrogen) atoms. The molecule has 0 radical (unpaired) electrons. The van der Waals surface area contributed by atoms with Crippen LogP contribution < -0.4 is 10.5 Å². The van der Waals surface area contributed by atoms with E-state index >= 15 is 0 Å². The average molecular weight is 286 g/mol. The zero-order valence-electron chi connectivity index (χ0n) is 11.6. The van der Waals surface area contributed by atoms with E-state index in [0.29, 0.717) is 24.2 Å². The van der Waals surface area contributed by atoms with Gasteiger partial charge in [0.15, 0.2) is 0 Å². The molecule has 1 aromatic rings. The number of hydrogen-bond donors (Lipinski definition) is 3. The van der Waals surface area contributed by atoms with Crippen LogP contribution >= 0.6 is 0 Å². The minimum atomic E-state index is -3.56. The van der Waals surface area contributed by atoms with E-state index in [1.165, 1.54) is 0 Å². The molecule has 1 atom stereocenters. The third-order valence-electron chi connectivity index (χ3n) is 3.08. The lowest BCUT2D eigenvalue weighted by Crippen LogP contribution is -2.29. The van der Waals surface area contributed by atoms with Gasteiger partial charge in [-0.25, -0.2) is 13.1 Å². The van der Waals surface area contributed by atoms with Crippen molar-refractivity contribution in [2.75, 3.05) is 18.9 Å². The van der Waals surface area contributed by atoms with Crippen molar-refractivity contribution >= 4 is 15.7 Å². The summed E-state index contributed by atoms with van der Waals surface area (Å²) in [6, 6.07) is 3.37. The van der Waals surface area contributed by atoms with Crippen LogP contribution in [0.3, 0.4) is 0 Å². The van der Waals surface area contributed by atoms with E-state index in [1.54, 1.807) is 19.1 Å². The van der Waals surface area contributed by atoms with Gasteiger partial charge in [0.05, 0.1) is 4.90 Å². The van der Waals surface area contributed by atoms with Gasteiger partial charge in [0.1, 0.15) is 0 Å². The molecule has 0 bridgehead atoms. The minimum Gasteiger partial charge on any atom is -0.398 e. The van der Waals surface area contributed by atoms with Gasteiger partial charge in [-0.3, -0.25) is 0 Å². The quantitative estimate of drug-likeness (QED) is 0.685. The first kappa shape index (κ1) is 15.9. The Morgan fingerprint density at radius 2 is 2.00 bits per heavy atom. The van der Waals surface area contributed by atoms with Gasteiger partial charge in [-0.05, 0) is 49.4 Å². The lowest BCUT2D eigenvalue weighted by Gasteiger charge is -2.14. The fourth-order valence-corrected chi connectivity index (χ4v) is 3.31. The zero-order chi connectivity index (χ0) is 14.6. The summed E-state index contributed by atoms with van der Waals surface area (Å²) in [5, 5.41) is 8.81. The van der Waals surface area contributed by atoms with Gasteiger partial charge < -0.3 is 10.8 Å².